The van der Waals surface area contributed by atoms with E-state index in [2.05, 4.69) is 26.2 Å². The van der Waals surface area contributed by atoms with Crippen molar-refractivity contribution in [3.8, 4) is 5.75 Å². The Morgan fingerprint density at radius 3 is 2.81 bits per heavy atom. The summed E-state index contributed by atoms with van der Waals surface area (Å²) in [5.74, 6) is 1.66. The van der Waals surface area contributed by atoms with Gasteiger partial charge >= 0.3 is 0 Å². The highest BCUT2D eigenvalue weighted by molar-refractivity contribution is 9.10. The van der Waals surface area contributed by atoms with Crippen LogP contribution >= 0.6 is 15.9 Å². The molecule has 88 valence electrons. The smallest absolute Gasteiger partial charge is 0.169 e. The van der Waals surface area contributed by atoms with Gasteiger partial charge in [-0.2, -0.15) is 0 Å². The molecule has 0 unspecified atom stereocenters. The van der Waals surface area contributed by atoms with Gasteiger partial charge in [-0.05, 0) is 34.8 Å². The zero-order valence-electron chi connectivity index (χ0n) is 9.50. The molecule has 1 aromatic heterocycles. The van der Waals surface area contributed by atoms with Crippen molar-refractivity contribution < 1.29 is 4.74 Å². The van der Waals surface area contributed by atoms with Crippen LogP contribution in [0.1, 0.15) is 32.1 Å². The zero-order valence-corrected chi connectivity index (χ0v) is 11.1. The van der Waals surface area contributed by atoms with Gasteiger partial charge in [0.15, 0.2) is 11.6 Å². The molecule has 1 aliphatic rings. The van der Waals surface area contributed by atoms with Crippen LogP contribution in [0.5, 0.6) is 5.75 Å². The van der Waals surface area contributed by atoms with Crippen molar-refractivity contribution in [2.75, 3.05) is 12.4 Å². The van der Waals surface area contributed by atoms with E-state index in [-0.39, 0.29) is 0 Å². The zero-order chi connectivity index (χ0) is 11.4. The minimum absolute atomic E-state index is 0.552. The van der Waals surface area contributed by atoms with Crippen LogP contribution in [0.25, 0.3) is 0 Å². The molecule has 0 amide bonds. The summed E-state index contributed by atoms with van der Waals surface area (Å²) in [5.41, 5.74) is 0. The first-order valence-electron chi connectivity index (χ1n) is 5.75. The molecule has 3 nitrogen and oxygen atoms in total. The number of methoxy groups -OCH3 is 1. The van der Waals surface area contributed by atoms with Gasteiger partial charge in [0.25, 0.3) is 0 Å². The lowest BCUT2D eigenvalue weighted by atomic mass is 9.95. The summed E-state index contributed by atoms with van der Waals surface area (Å²) in [6, 6.07) is 2.49. The molecule has 0 bridgehead atoms. The molecule has 0 radical (unpaired) electrons. The van der Waals surface area contributed by atoms with Crippen LogP contribution in [0, 0.1) is 0 Å². The second-order valence-corrected chi connectivity index (χ2v) is 5.10. The van der Waals surface area contributed by atoms with Gasteiger partial charge < -0.3 is 10.1 Å². The van der Waals surface area contributed by atoms with Gasteiger partial charge in [0.05, 0.1) is 7.11 Å². The normalized spacial score (nSPS) is 17.1. The summed E-state index contributed by atoms with van der Waals surface area (Å²) >= 11 is 3.39. The summed E-state index contributed by atoms with van der Waals surface area (Å²) in [7, 11) is 1.68. The lowest BCUT2D eigenvalue weighted by Crippen LogP contribution is -2.23. The van der Waals surface area contributed by atoms with E-state index in [1.165, 1.54) is 32.1 Å². The van der Waals surface area contributed by atoms with Crippen molar-refractivity contribution in [3.63, 3.8) is 0 Å². The molecular formula is C12H17BrN2O. The van der Waals surface area contributed by atoms with Gasteiger partial charge in [0, 0.05) is 16.7 Å². The number of rotatable bonds is 3. The summed E-state index contributed by atoms with van der Waals surface area (Å²) < 4.78 is 6.26. The highest BCUT2D eigenvalue weighted by Crippen LogP contribution is 2.28. The number of nitrogens with zero attached hydrogens (tertiary/aromatic N) is 1. The molecule has 0 saturated heterocycles. The van der Waals surface area contributed by atoms with Crippen molar-refractivity contribution in [2.45, 2.75) is 38.1 Å². The van der Waals surface area contributed by atoms with E-state index in [1.807, 2.05) is 6.07 Å². The first kappa shape index (κ1) is 11.7. The van der Waals surface area contributed by atoms with E-state index in [1.54, 1.807) is 13.3 Å². The maximum absolute atomic E-state index is 5.31. The Labute approximate surface area is 105 Å². The van der Waals surface area contributed by atoms with E-state index in [0.29, 0.717) is 6.04 Å². The van der Waals surface area contributed by atoms with Crippen LogP contribution < -0.4 is 10.1 Å². The largest absolute Gasteiger partial charge is 0.493 e. The SMILES string of the molecule is COc1cc(Br)cnc1NC1CCCCC1. The predicted molar refractivity (Wildman–Crippen MR) is 69.0 cm³/mol. The number of aromatic nitrogens is 1. The fraction of sp³-hybridized carbons (Fsp3) is 0.583. The molecule has 16 heavy (non-hydrogen) atoms. The van der Waals surface area contributed by atoms with E-state index in [4.69, 9.17) is 4.74 Å². The lowest BCUT2D eigenvalue weighted by Gasteiger charge is -2.24. The number of anilines is 1. The molecule has 1 aromatic rings. The number of halogens is 1. The molecule has 1 fully saturated rings. The molecule has 0 aromatic carbocycles. The summed E-state index contributed by atoms with van der Waals surface area (Å²) in [4.78, 5) is 4.36. The maximum Gasteiger partial charge on any atom is 0.169 e. The van der Waals surface area contributed by atoms with E-state index in [9.17, 15) is 0 Å². The Hall–Kier alpha value is -0.770. The van der Waals surface area contributed by atoms with Crippen molar-refractivity contribution in [3.05, 3.63) is 16.7 Å². The fourth-order valence-electron chi connectivity index (χ4n) is 2.12. The molecule has 0 spiro atoms. The van der Waals surface area contributed by atoms with E-state index < -0.39 is 0 Å². The van der Waals surface area contributed by atoms with Crippen LogP contribution in [0.2, 0.25) is 0 Å². The second kappa shape index (κ2) is 5.53. The molecule has 1 heterocycles. The van der Waals surface area contributed by atoms with Crippen LogP contribution in [-0.4, -0.2) is 18.1 Å². The van der Waals surface area contributed by atoms with Gasteiger partial charge in [0.1, 0.15) is 0 Å². The molecular weight excluding hydrogens is 268 g/mol. The number of pyridine rings is 1. The van der Waals surface area contributed by atoms with Gasteiger partial charge in [-0.25, -0.2) is 4.98 Å². The summed E-state index contributed by atoms with van der Waals surface area (Å²) in [6.45, 7) is 0. The van der Waals surface area contributed by atoms with Crippen molar-refractivity contribution in [1.29, 1.82) is 0 Å². The van der Waals surface area contributed by atoms with E-state index >= 15 is 0 Å². The molecule has 0 atom stereocenters. The molecule has 0 aliphatic heterocycles. The standard InChI is InChI=1S/C12H17BrN2O/c1-16-11-7-9(13)8-14-12(11)15-10-5-3-2-4-6-10/h7-8,10H,2-6H2,1H3,(H,14,15). The third kappa shape index (κ3) is 2.88. The summed E-state index contributed by atoms with van der Waals surface area (Å²) in [5, 5.41) is 3.47. The van der Waals surface area contributed by atoms with Crippen LogP contribution in [-0.2, 0) is 0 Å². The molecule has 2 rings (SSSR count). The Morgan fingerprint density at radius 1 is 1.38 bits per heavy atom. The monoisotopic (exact) mass is 284 g/mol. The average Bonchev–Trinajstić information content (AvgIpc) is 2.33. The number of ether oxygens (including phenoxy) is 1. The van der Waals surface area contributed by atoms with Crippen molar-refractivity contribution in [2.24, 2.45) is 0 Å². The third-order valence-corrected chi connectivity index (χ3v) is 3.42. The van der Waals surface area contributed by atoms with Gasteiger partial charge in [-0.15, -0.1) is 0 Å². The molecule has 1 aliphatic carbocycles. The first-order valence-corrected chi connectivity index (χ1v) is 6.55. The minimum Gasteiger partial charge on any atom is -0.493 e. The van der Waals surface area contributed by atoms with Crippen molar-refractivity contribution in [1.82, 2.24) is 4.98 Å². The van der Waals surface area contributed by atoms with Crippen LogP contribution in [0.15, 0.2) is 16.7 Å². The highest BCUT2D eigenvalue weighted by Gasteiger charge is 2.15. The fourth-order valence-corrected chi connectivity index (χ4v) is 2.44. The second-order valence-electron chi connectivity index (χ2n) is 4.18. The van der Waals surface area contributed by atoms with Gasteiger partial charge in [0.2, 0.25) is 0 Å². The summed E-state index contributed by atoms with van der Waals surface area (Å²) in [6.07, 6.45) is 8.27. The Balaban J connectivity index is 2.07. The Morgan fingerprint density at radius 2 is 2.12 bits per heavy atom. The topological polar surface area (TPSA) is 34.1 Å². The molecule has 4 heteroatoms. The van der Waals surface area contributed by atoms with E-state index in [0.717, 1.165) is 16.0 Å². The van der Waals surface area contributed by atoms with Crippen molar-refractivity contribution >= 4 is 21.7 Å². The molecule has 1 N–H and O–H groups in total. The predicted octanol–water partition coefficient (Wildman–Crippen LogP) is 3.60. The van der Waals surface area contributed by atoms with Gasteiger partial charge in [-0.1, -0.05) is 19.3 Å². The number of hydrogen-bond donors (Lipinski definition) is 1. The highest BCUT2D eigenvalue weighted by atomic mass is 79.9. The maximum atomic E-state index is 5.31. The van der Waals surface area contributed by atoms with Crippen LogP contribution in [0.4, 0.5) is 5.82 Å². The number of hydrogen-bond acceptors (Lipinski definition) is 3. The quantitative estimate of drug-likeness (QED) is 0.921. The van der Waals surface area contributed by atoms with Gasteiger partial charge in [-0.3, -0.25) is 0 Å². The minimum atomic E-state index is 0.552. The third-order valence-electron chi connectivity index (χ3n) is 2.99. The van der Waals surface area contributed by atoms with Crippen LogP contribution in [0.3, 0.4) is 0 Å². The average molecular weight is 285 g/mol. The Kier molecular flexibility index (Phi) is 4.04. The first-order chi connectivity index (χ1) is 7.79. The number of nitrogens with one attached hydrogen (secondary N) is 1. The molecule has 1 saturated carbocycles. The Bertz CT molecular complexity index is 351. The lowest BCUT2D eigenvalue weighted by molar-refractivity contribution is 0.410.